The summed E-state index contributed by atoms with van der Waals surface area (Å²) in [7, 11) is 4.06. The quantitative estimate of drug-likeness (QED) is 0.760. The Balaban J connectivity index is 1.90. The van der Waals surface area contributed by atoms with E-state index in [0.29, 0.717) is 0 Å². The van der Waals surface area contributed by atoms with Crippen molar-refractivity contribution in [3.05, 3.63) is 48.0 Å². The second-order valence-corrected chi connectivity index (χ2v) is 5.18. The Bertz CT molecular complexity index is 743. The number of hydrogen-bond acceptors (Lipinski definition) is 3. The van der Waals surface area contributed by atoms with Crippen LogP contribution >= 0.6 is 0 Å². The third-order valence-corrected chi connectivity index (χ3v) is 3.26. The van der Waals surface area contributed by atoms with Crippen LogP contribution in [0.1, 0.15) is 5.56 Å². The molecule has 2 N–H and O–H groups in total. The number of fused-ring (bicyclic) bond motifs is 1. The van der Waals surface area contributed by atoms with Gasteiger partial charge in [-0.1, -0.05) is 12.1 Å². The molecule has 0 spiro atoms. The first-order valence-corrected chi connectivity index (χ1v) is 6.62. The molecule has 2 aromatic carbocycles. The van der Waals surface area contributed by atoms with Gasteiger partial charge in [-0.05, 0) is 42.8 Å². The summed E-state index contributed by atoms with van der Waals surface area (Å²) in [6.45, 7) is 2.08. The van der Waals surface area contributed by atoms with Gasteiger partial charge in [0.2, 0.25) is 5.95 Å². The number of hydrogen-bond donors (Lipinski definition) is 2. The molecule has 0 aliphatic rings. The maximum Gasteiger partial charge on any atom is 0.205 e. The van der Waals surface area contributed by atoms with E-state index in [1.54, 1.807) is 0 Å². The molecule has 3 rings (SSSR count). The fraction of sp³-hybridized carbons (Fsp3) is 0.188. The molecule has 3 aromatic rings. The van der Waals surface area contributed by atoms with Gasteiger partial charge in [-0.3, -0.25) is 0 Å². The molecule has 0 atom stereocenters. The van der Waals surface area contributed by atoms with Crippen LogP contribution in [0, 0.1) is 6.92 Å². The number of nitrogens with one attached hydrogen (secondary N) is 2. The number of benzene rings is 2. The second kappa shape index (κ2) is 4.89. The van der Waals surface area contributed by atoms with Gasteiger partial charge in [0.25, 0.3) is 0 Å². The van der Waals surface area contributed by atoms with Gasteiger partial charge in [-0.25, -0.2) is 4.98 Å². The van der Waals surface area contributed by atoms with Gasteiger partial charge in [-0.15, -0.1) is 0 Å². The Labute approximate surface area is 118 Å². The van der Waals surface area contributed by atoms with Crippen molar-refractivity contribution in [2.45, 2.75) is 6.92 Å². The number of anilines is 3. The van der Waals surface area contributed by atoms with Crippen LogP contribution in [0.25, 0.3) is 11.0 Å². The van der Waals surface area contributed by atoms with Crippen LogP contribution in [-0.2, 0) is 0 Å². The Morgan fingerprint density at radius 1 is 1.10 bits per heavy atom. The summed E-state index contributed by atoms with van der Waals surface area (Å²) in [5.74, 6) is 0.765. The van der Waals surface area contributed by atoms with Crippen LogP contribution in [0.5, 0.6) is 0 Å². The Kier molecular flexibility index (Phi) is 3.06. The molecule has 0 amide bonds. The van der Waals surface area contributed by atoms with E-state index >= 15 is 0 Å². The first-order valence-electron chi connectivity index (χ1n) is 6.62. The number of rotatable bonds is 3. The Morgan fingerprint density at radius 2 is 1.95 bits per heavy atom. The Morgan fingerprint density at radius 3 is 2.75 bits per heavy atom. The van der Waals surface area contributed by atoms with Gasteiger partial charge in [0.1, 0.15) is 0 Å². The van der Waals surface area contributed by atoms with Crippen molar-refractivity contribution < 1.29 is 0 Å². The molecule has 0 saturated carbocycles. The molecule has 4 heteroatoms. The highest BCUT2D eigenvalue weighted by Gasteiger charge is 2.04. The van der Waals surface area contributed by atoms with E-state index in [9.17, 15) is 0 Å². The first kappa shape index (κ1) is 12.5. The van der Waals surface area contributed by atoms with Gasteiger partial charge < -0.3 is 15.2 Å². The molecule has 0 saturated heterocycles. The normalized spacial score (nSPS) is 10.8. The fourth-order valence-corrected chi connectivity index (χ4v) is 2.18. The van der Waals surface area contributed by atoms with E-state index in [1.807, 2.05) is 32.3 Å². The van der Waals surface area contributed by atoms with Crippen molar-refractivity contribution >= 4 is 28.4 Å². The predicted molar refractivity (Wildman–Crippen MR) is 84.9 cm³/mol. The molecule has 1 heterocycles. The number of aromatic nitrogens is 2. The van der Waals surface area contributed by atoms with E-state index in [4.69, 9.17) is 0 Å². The van der Waals surface area contributed by atoms with E-state index < -0.39 is 0 Å². The van der Waals surface area contributed by atoms with Crippen molar-refractivity contribution in [2.75, 3.05) is 24.3 Å². The standard InChI is InChI=1S/C16H18N4/c1-11-7-8-14-15(9-11)19-16(18-14)17-12-5-4-6-13(10-12)20(2)3/h4-10H,1-3H3,(H2,17,18,19). The summed E-state index contributed by atoms with van der Waals surface area (Å²) in [4.78, 5) is 9.92. The van der Waals surface area contributed by atoms with Crippen LogP contribution in [0.3, 0.4) is 0 Å². The van der Waals surface area contributed by atoms with Gasteiger partial charge in [0.15, 0.2) is 0 Å². The summed E-state index contributed by atoms with van der Waals surface area (Å²) >= 11 is 0. The summed E-state index contributed by atoms with van der Waals surface area (Å²) in [5.41, 5.74) is 5.43. The molecular formula is C16H18N4. The third-order valence-electron chi connectivity index (χ3n) is 3.26. The maximum absolute atomic E-state index is 4.54. The van der Waals surface area contributed by atoms with Crippen LogP contribution < -0.4 is 10.2 Å². The topological polar surface area (TPSA) is 44.0 Å². The van der Waals surface area contributed by atoms with E-state index in [1.165, 1.54) is 5.56 Å². The molecule has 1 aromatic heterocycles. The van der Waals surface area contributed by atoms with Crippen LogP contribution in [0.4, 0.5) is 17.3 Å². The number of nitrogens with zero attached hydrogens (tertiary/aromatic N) is 2. The zero-order valence-electron chi connectivity index (χ0n) is 11.9. The first-order chi connectivity index (χ1) is 9.61. The van der Waals surface area contributed by atoms with E-state index in [-0.39, 0.29) is 0 Å². The van der Waals surface area contributed by atoms with Crippen LogP contribution in [-0.4, -0.2) is 24.1 Å². The van der Waals surface area contributed by atoms with Crippen LogP contribution in [0.2, 0.25) is 0 Å². The molecule has 102 valence electrons. The highest BCUT2D eigenvalue weighted by atomic mass is 15.1. The molecule has 0 unspecified atom stereocenters. The molecule has 20 heavy (non-hydrogen) atoms. The fourth-order valence-electron chi connectivity index (χ4n) is 2.18. The zero-order chi connectivity index (χ0) is 14.1. The van der Waals surface area contributed by atoms with Gasteiger partial charge in [0, 0.05) is 25.5 Å². The number of imidazole rings is 1. The third kappa shape index (κ3) is 2.45. The van der Waals surface area contributed by atoms with Crippen LogP contribution in [0.15, 0.2) is 42.5 Å². The summed E-state index contributed by atoms with van der Waals surface area (Å²) in [5, 5.41) is 3.31. The SMILES string of the molecule is Cc1ccc2nc(Nc3cccc(N(C)C)c3)[nH]c2c1. The Hall–Kier alpha value is -2.49. The predicted octanol–water partition coefficient (Wildman–Crippen LogP) is 3.68. The van der Waals surface area contributed by atoms with E-state index in [2.05, 4.69) is 51.4 Å². The highest BCUT2D eigenvalue weighted by Crippen LogP contribution is 2.22. The van der Waals surface area contributed by atoms with Crippen molar-refractivity contribution in [3.63, 3.8) is 0 Å². The number of aryl methyl sites for hydroxylation is 1. The van der Waals surface area contributed by atoms with Crippen molar-refractivity contribution in [1.82, 2.24) is 9.97 Å². The van der Waals surface area contributed by atoms with Crippen molar-refractivity contribution in [3.8, 4) is 0 Å². The number of aromatic amines is 1. The lowest BCUT2D eigenvalue weighted by atomic mass is 10.2. The minimum atomic E-state index is 0.765. The monoisotopic (exact) mass is 266 g/mol. The average Bonchev–Trinajstić information content (AvgIpc) is 2.80. The molecule has 0 radical (unpaired) electrons. The lowest BCUT2D eigenvalue weighted by molar-refractivity contribution is 1.13. The van der Waals surface area contributed by atoms with Gasteiger partial charge in [-0.2, -0.15) is 0 Å². The second-order valence-electron chi connectivity index (χ2n) is 5.18. The lowest BCUT2D eigenvalue weighted by Crippen LogP contribution is -2.08. The summed E-state index contributed by atoms with van der Waals surface area (Å²) < 4.78 is 0. The smallest absolute Gasteiger partial charge is 0.205 e. The van der Waals surface area contributed by atoms with E-state index in [0.717, 1.165) is 28.4 Å². The molecule has 0 bridgehead atoms. The molecule has 0 fully saturated rings. The highest BCUT2D eigenvalue weighted by molar-refractivity contribution is 5.79. The maximum atomic E-state index is 4.54. The van der Waals surface area contributed by atoms with Crippen molar-refractivity contribution in [2.24, 2.45) is 0 Å². The van der Waals surface area contributed by atoms with Gasteiger partial charge in [0.05, 0.1) is 11.0 Å². The summed E-state index contributed by atoms with van der Waals surface area (Å²) in [6, 6.07) is 14.4. The molecular weight excluding hydrogens is 248 g/mol. The minimum absolute atomic E-state index is 0.765. The lowest BCUT2D eigenvalue weighted by Gasteiger charge is -2.13. The number of H-pyrrole nitrogens is 1. The van der Waals surface area contributed by atoms with Crippen molar-refractivity contribution in [1.29, 1.82) is 0 Å². The average molecular weight is 266 g/mol. The summed E-state index contributed by atoms with van der Waals surface area (Å²) in [6.07, 6.45) is 0. The molecule has 0 aliphatic carbocycles. The molecule has 4 nitrogen and oxygen atoms in total. The minimum Gasteiger partial charge on any atom is -0.378 e. The largest absolute Gasteiger partial charge is 0.378 e. The zero-order valence-corrected chi connectivity index (χ0v) is 11.9. The van der Waals surface area contributed by atoms with Gasteiger partial charge >= 0.3 is 0 Å². The molecule has 0 aliphatic heterocycles.